The van der Waals surface area contributed by atoms with E-state index in [0.29, 0.717) is 0 Å². The van der Waals surface area contributed by atoms with Gasteiger partial charge in [0.25, 0.3) is 0 Å². The Kier molecular flexibility index (Phi) is 4.02. The number of hydrogen-bond acceptors (Lipinski definition) is 4. The van der Waals surface area contributed by atoms with Crippen LogP contribution in [0, 0.1) is 6.92 Å². The molecule has 2 aromatic heterocycles. The number of nitrogens with zero attached hydrogens (tertiary/aromatic N) is 2. The topological polar surface area (TPSA) is 51.8 Å². The molecule has 0 aliphatic heterocycles. The van der Waals surface area contributed by atoms with Crippen molar-refractivity contribution in [1.82, 2.24) is 9.97 Å². The van der Waals surface area contributed by atoms with Gasteiger partial charge in [-0.1, -0.05) is 26.8 Å². The van der Waals surface area contributed by atoms with Crippen LogP contribution in [0.4, 0.5) is 0 Å². The summed E-state index contributed by atoms with van der Waals surface area (Å²) in [5, 5.41) is 3.23. The molecule has 0 fully saturated rings. The lowest BCUT2D eigenvalue weighted by Crippen LogP contribution is -2.16. The fourth-order valence-corrected chi connectivity index (χ4v) is 3.02. The van der Waals surface area contributed by atoms with E-state index in [9.17, 15) is 0 Å². The van der Waals surface area contributed by atoms with Crippen LogP contribution in [-0.4, -0.2) is 9.97 Å². The Bertz CT molecular complexity index is 555. The Balaban J connectivity index is 2.14. The van der Waals surface area contributed by atoms with Crippen LogP contribution >= 0.6 is 11.3 Å². The molecular weight excluding hydrogens is 254 g/mol. The van der Waals surface area contributed by atoms with Crippen molar-refractivity contribution < 1.29 is 0 Å². The summed E-state index contributed by atoms with van der Waals surface area (Å²) < 4.78 is 0. The number of rotatable bonds is 3. The first-order valence-electron chi connectivity index (χ1n) is 6.50. The average molecular weight is 275 g/mol. The lowest BCUT2D eigenvalue weighted by Gasteiger charge is -2.15. The summed E-state index contributed by atoms with van der Waals surface area (Å²) in [6, 6.07) is 3.95. The normalized spacial score (nSPS) is 13.5. The molecule has 0 saturated carbocycles. The van der Waals surface area contributed by atoms with Gasteiger partial charge >= 0.3 is 0 Å². The third kappa shape index (κ3) is 3.39. The van der Waals surface area contributed by atoms with Gasteiger partial charge in [0.05, 0.1) is 10.7 Å². The van der Waals surface area contributed by atoms with Crippen molar-refractivity contribution in [2.24, 2.45) is 5.73 Å². The minimum atomic E-state index is -0.0346. The number of nitrogens with two attached hydrogens (primary N) is 1. The van der Waals surface area contributed by atoms with E-state index in [4.69, 9.17) is 10.7 Å². The minimum Gasteiger partial charge on any atom is -0.324 e. The van der Waals surface area contributed by atoms with Gasteiger partial charge in [0.15, 0.2) is 0 Å². The molecule has 0 aliphatic carbocycles. The molecule has 0 amide bonds. The van der Waals surface area contributed by atoms with Crippen LogP contribution in [0.15, 0.2) is 23.7 Å². The van der Waals surface area contributed by atoms with Gasteiger partial charge in [-0.25, -0.2) is 4.98 Å². The van der Waals surface area contributed by atoms with E-state index in [1.165, 1.54) is 0 Å². The number of aryl methyl sites for hydroxylation is 1. The first kappa shape index (κ1) is 14.2. The van der Waals surface area contributed by atoms with Crippen LogP contribution in [0.2, 0.25) is 0 Å². The van der Waals surface area contributed by atoms with Crippen molar-refractivity contribution in [3.63, 3.8) is 0 Å². The molecule has 2 N–H and O–H groups in total. The largest absolute Gasteiger partial charge is 0.324 e. The van der Waals surface area contributed by atoms with Gasteiger partial charge in [-0.2, -0.15) is 0 Å². The second-order valence-electron chi connectivity index (χ2n) is 5.87. The fraction of sp³-hybridized carbons (Fsp3) is 0.467. The molecule has 3 nitrogen and oxygen atoms in total. The van der Waals surface area contributed by atoms with Gasteiger partial charge in [-0.3, -0.25) is 4.98 Å². The fourth-order valence-electron chi connectivity index (χ4n) is 1.94. The maximum Gasteiger partial charge on any atom is 0.0947 e. The lowest BCUT2D eigenvalue weighted by molar-refractivity contribution is 0.569. The third-order valence-electron chi connectivity index (χ3n) is 3.16. The highest BCUT2D eigenvalue weighted by molar-refractivity contribution is 7.09. The molecule has 0 aliphatic rings. The molecule has 1 atom stereocenters. The van der Waals surface area contributed by atoms with Crippen LogP contribution < -0.4 is 5.73 Å². The Morgan fingerprint density at radius 1 is 1.37 bits per heavy atom. The first-order chi connectivity index (χ1) is 8.88. The Morgan fingerprint density at radius 2 is 2.11 bits per heavy atom. The smallest absolute Gasteiger partial charge is 0.0947 e. The summed E-state index contributed by atoms with van der Waals surface area (Å²) >= 11 is 1.69. The number of thiazole rings is 1. The van der Waals surface area contributed by atoms with Crippen molar-refractivity contribution >= 4 is 11.3 Å². The maximum absolute atomic E-state index is 6.27. The number of hydrogen-bond donors (Lipinski definition) is 1. The molecule has 0 aromatic carbocycles. The Hall–Kier alpha value is -1.26. The van der Waals surface area contributed by atoms with Crippen molar-refractivity contribution in [1.29, 1.82) is 0 Å². The molecule has 0 bridgehead atoms. The van der Waals surface area contributed by atoms with Crippen molar-refractivity contribution in [3.8, 4) is 0 Å². The molecule has 1 unspecified atom stereocenters. The summed E-state index contributed by atoms with van der Waals surface area (Å²) in [5.74, 6) is 0. The van der Waals surface area contributed by atoms with Crippen LogP contribution in [0.5, 0.6) is 0 Å². The zero-order chi connectivity index (χ0) is 14.0. The van der Waals surface area contributed by atoms with Crippen LogP contribution in [0.1, 0.15) is 48.8 Å². The predicted molar refractivity (Wildman–Crippen MR) is 80.4 cm³/mol. The van der Waals surface area contributed by atoms with E-state index in [2.05, 4.69) is 31.1 Å². The van der Waals surface area contributed by atoms with Gasteiger partial charge in [0.1, 0.15) is 0 Å². The van der Waals surface area contributed by atoms with Gasteiger partial charge < -0.3 is 5.73 Å². The molecule has 0 saturated heterocycles. The molecule has 19 heavy (non-hydrogen) atoms. The Labute approximate surface area is 118 Å². The molecule has 2 rings (SSSR count). The first-order valence-corrected chi connectivity index (χ1v) is 7.38. The molecule has 0 spiro atoms. The van der Waals surface area contributed by atoms with Gasteiger partial charge in [0, 0.05) is 35.1 Å². The summed E-state index contributed by atoms with van der Waals surface area (Å²) in [7, 11) is 0. The van der Waals surface area contributed by atoms with E-state index < -0.39 is 0 Å². The van der Waals surface area contributed by atoms with Crippen LogP contribution in [-0.2, 0) is 11.8 Å². The minimum absolute atomic E-state index is 0.0346. The SMILES string of the molecule is Cc1ncccc1C(N)Cc1nc(C(C)(C)C)cs1. The zero-order valence-electron chi connectivity index (χ0n) is 12.0. The van der Waals surface area contributed by atoms with E-state index in [1.54, 1.807) is 17.5 Å². The predicted octanol–water partition coefficient (Wildman–Crippen LogP) is 3.39. The van der Waals surface area contributed by atoms with E-state index >= 15 is 0 Å². The molecule has 2 heterocycles. The van der Waals surface area contributed by atoms with E-state index in [0.717, 1.165) is 28.4 Å². The van der Waals surface area contributed by atoms with E-state index in [-0.39, 0.29) is 11.5 Å². The van der Waals surface area contributed by atoms with Crippen molar-refractivity contribution in [3.05, 3.63) is 45.7 Å². The number of aromatic nitrogens is 2. The standard InChI is InChI=1S/C15H21N3S/c1-10-11(6-5-7-17-10)12(16)8-14-18-13(9-19-14)15(2,3)4/h5-7,9,12H,8,16H2,1-4H3. The monoisotopic (exact) mass is 275 g/mol. The summed E-state index contributed by atoms with van der Waals surface area (Å²) in [4.78, 5) is 8.98. The molecule has 4 heteroatoms. The summed E-state index contributed by atoms with van der Waals surface area (Å²) in [6.45, 7) is 8.53. The molecule has 0 radical (unpaired) electrons. The Morgan fingerprint density at radius 3 is 2.68 bits per heavy atom. The molecule has 2 aromatic rings. The average Bonchev–Trinajstić information content (AvgIpc) is 2.77. The van der Waals surface area contributed by atoms with Crippen LogP contribution in [0.3, 0.4) is 0 Å². The quantitative estimate of drug-likeness (QED) is 0.934. The second kappa shape index (κ2) is 5.39. The second-order valence-corrected chi connectivity index (χ2v) is 6.81. The zero-order valence-corrected chi connectivity index (χ0v) is 12.8. The van der Waals surface area contributed by atoms with Gasteiger partial charge in [-0.05, 0) is 18.6 Å². The van der Waals surface area contributed by atoms with Gasteiger partial charge in [-0.15, -0.1) is 11.3 Å². The van der Waals surface area contributed by atoms with Crippen molar-refractivity contribution in [2.45, 2.75) is 45.6 Å². The lowest BCUT2D eigenvalue weighted by atomic mass is 9.93. The highest BCUT2D eigenvalue weighted by Crippen LogP contribution is 2.26. The maximum atomic E-state index is 6.27. The molecule has 102 valence electrons. The van der Waals surface area contributed by atoms with Gasteiger partial charge in [0.2, 0.25) is 0 Å². The van der Waals surface area contributed by atoms with E-state index in [1.807, 2.05) is 19.1 Å². The summed E-state index contributed by atoms with van der Waals surface area (Å²) in [6.07, 6.45) is 2.57. The third-order valence-corrected chi connectivity index (χ3v) is 4.03. The van der Waals surface area contributed by atoms with Crippen LogP contribution in [0.25, 0.3) is 0 Å². The highest BCUT2D eigenvalue weighted by atomic mass is 32.1. The number of pyridine rings is 1. The van der Waals surface area contributed by atoms with Crippen molar-refractivity contribution in [2.75, 3.05) is 0 Å². The highest BCUT2D eigenvalue weighted by Gasteiger charge is 2.19. The molecular formula is C15H21N3S. The summed E-state index contributed by atoms with van der Waals surface area (Å²) in [5.41, 5.74) is 9.62.